The molecule has 0 saturated heterocycles. The van der Waals surface area contributed by atoms with Gasteiger partial charge in [0, 0.05) is 0 Å². The molecule has 1 aromatic carbocycles. The van der Waals surface area contributed by atoms with Gasteiger partial charge in [0.15, 0.2) is 0 Å². The van der Waals surface area contributed by atoms with Crippen molar-refractivity contribution in [3.05, 3.63) is 28.3 Å². The summed E-state index contributed by atoms with van der Waals surface area (Å²) in [5.74, 6) is -0.365. The summed E-state index contributed by atoms with van der Waals surface area (Å²) < 4.78 is 0. The quantitative estimate of drug-likeness (QED) is 0.734. The fourth-order valence-electron chi connectivity index (χ4n) is 1.37. The Morgan fingerprint density at radius 2 is 2.29 bits per heavy atom. The summed E-state index contributed by atoms with van der Waals surface area (Å²) >= 11 is 5.83. The van der Waals surface area contributed by atoms with Crippen LogP contribution in [0.4, 0.5) is 5.69 Å². The van der Waals surface area contributed by atoms with Crippen LogP contribution < -0.4 is 5.73 Å². The maximum absolute atomic E-state index is 9.07. The molecule has 0 heterocycles. The number of aliphatic hydroxyl groups is 1. The molecule has 4 heteroatoms. The van der Waals surface area contributed by atoms with E-state index < -0.39 is 0 Å². The van der Waals surface area contributed by atoms with Gasteiger partial charge in [0.05, 0.1) is 29.3 Å². The summed E-state index contributed by atoms with van der Waals surface area (Å²) in [6.45, 7) is 1.59. The van der Waals surface area contributed by atoms with Gasteiger partial charge in [0.2, 0.25) is 0 Å². The molecule has 1 unspecified atom stereocenters. The highest BCUT2D eigenvalue weighted by Gasteiger charge is 2.15. The van der Waals surface area contributed by atoms with E-state index >= 15 is 0 Å². The van der Waals surface area contributed by atoms with Crippen molar-refractivity contribution < 1.29 is 5.11 Å². The number of nitrogens with two attached hydrogens (primary N) is 1. The van der Waals surface area contributed by atoms with Gasteiger partial charge >= 0.3 is 0 Å². The first-order valence-electron chi connectivity index (χ1n) is 4.19. The van der Waals surface area contributed by atoms with E-state index in [2.05, 4.69) is 6.07 Å². The highest BCUT2D eigenvalue weighted by Crippen LogP contribution is 2.31. The second kappa shape index (κ2) is 4.32. The largest absolute Gasteiger partial charge is 0.397 e. The lowest BCUT2D eigenvalue weighted by Gasteiger charge is -2.13. The van der Waals surface area contributed by atoms with Crippen LogP contribution in [-0.4, -0.2) is 5.11 Å². The molecular formula is C10H11ClN2O. The Hall–Kier alpha value is -1.24. The Bertz CT molecular complexity index is 384. The lowest BCUT2D eigenvalue weighted by atomic mass is 9.95. The summed E-state index contributed by atoms with van der Waals surface area (Å²) in [5.41, 5.74) is 7.40. The standard InChI is InChI=1S/C10H11ClN2O/c1-6(4-12)9-7(5-14)2-3-8(11)10(9)13/h2-3,6,14H,5,13H2,1H3. The minimum atomic E-state index is -0.365. The highest BCUT2D eigenvalue weighted by atomic mass is 35.5. The normalized spacial score (nSPS) is 12.1. The van der Waals surface area contributed by atoms with Gasteiger partial charge in [-0.2, -0.15) is 5.26 Å². The van der Waals surface area contributed by atoms with Gasteiger partial charge in [0.25, 0.3) is 0 Å². The van der Waals surface area contributed by atoms with Crippen molar-refractivity contribution in [1.82, 2.24) is 0 Å². The number of hydrogen-bond donors (Lipinski definition) is 2. The Morgan fingerprint density at radius 1 is 1.64 bits per heavy atom. The first-order chi connectivity index (χ1) is 6.61. The highest BCUT2D eigenvalue weighted by molar-refractivity contribution is 6.33. The predicted molar refractivity (Wildman–Crippen MR) is 55.8 cm³/mol. The molecule has 0 aliphatic rings. The molecule has 0 fully saturated rings. The van der Waals surface area contributed by atoms with Crippen LogP contribution in [0.5, 0.6) is 0 Å². The maximum atomic E-state index is 9.07. The monoisotopic (exact) mass is 210 g/mol. The van der Waals surface area contributed by atoms with Crippen molar-refractivity contribution in [1.29, 1.82) is 5.26 Å². The van der Waals surface area contributed by atoms with Gasteiger partial charge in [-0.1, -0.05) is 17.7 Å². The van der Waals surface area contributed by atoms with E-state index in [1.54, 1.807) is 19.1 Å². The molecule has 0 amide bonds. The smallest absolute Gasteiger partial charge is 0.0708 e. The minimum Gasteiger partial charge on any atom is -0.397 e. The molecule has 0 spiro atoms. The number of anilines is 1. The number of nitriles is 1. The predicted octanol–water partition coefficient (Wildman–Crippen LogP) is 2.04. The van der Waals surface area contributed by atoms with Crippen molar-refractivity contribution in [3.8, 4) is 6.07 Å². The van der Waals surface area contributed by atoms with Crippen LogP contribution in [0.2, 0.25) is 5.02 Å². The van der Waals surface area contributed by atoms with Crippen LogP contribution >= 0.6 is 11.6 Å². The summed E-state index contributed by atoms with van der Waals surface area (Å²) in [7, 11) is 0. The third-order valence-electron chi connectivity index (χ3n) is 2.12. The van der Waals surface area contributed by atoms with Crippen LogP contribution in [0.3, 0.4) is 0 Å². The number of aliphatic hydroxyl groups excluding tert-OH is 1. The number of hydrogen-bond acceptors (Lipinski definition) is 3. The minimum absolute atomic E-state index is 0.136. The molecule has 1 aromatic rings. The molecule has 0 aromatic heterocycles. The van der Waals surface area contributed by atoms with Crippen LogP contribution in [0, 0.1) is 11.3 Å². The maximum Gasteiger partial charge on any atom is 0.0708 e. The van der Waals surface area contributed by atoms with Crippen LogP contribution in [0.15, 0.2) is 12.1 Å². The van der Waals surface area contributed by atoms with Gasteiger partial charge in [0.1, 0.15) is 0 Å². The molecule has 3 nitrogen and oxygen atoms in total. The fourth-order valence-corrected chi connectivity index (χ4v) is 1.53. The average Bonchev–Trinajstić information content (AvgIpc) is 2.20. The zero-order chi connectivity index (χ0) is 10.7. The van der Waals surface area contributed by atoms with Crippen LogP contribution in [0.25, 0.3) is 0 Å². The van der Waals surface area contributed by atoms with Crippen LogP contribution in [0.1, 0.15) is 24.0 Å². The zero-order valence-corrected chi connectivity index (χ0v) is 8.54. The van der Waals surface area contributed by atoms with Gasteiger partial charge in [-0.3, -0.25) is 0 Å². The fraction of sp³-hybridized carbons (Fsp3) is 0.300. The van der Waals surface area contributed by atoms with Crippen molar-refractivity contribution in [2.24, 2.45) is 0 Å². The third-order valence-corrected chi connectivity index (χ3v) is 2.45. The Kier molecular flexibility index (Phi) is 3.34. The number of halogens is 1. The van der Waals surface area contributed by atoms with Gasteiger partial charge < -0.3 is 10.8 Å². The van der Waals surface area contributed by atoms with Crippen molar-refractivity contribution in [3.63, 3.8) is 0 Å². The van der Waals surface area contributed by atoms with Gasteiger partial charge in [-0.05, 0) is 24.1 Å². The average molecular weight is 211 g/mol. The second-order valence-corrected chi connectivity index (χ2v) is 3.45. The second-order valence-electron chi connectivity index (χ2n) is 3.04. The summed E-state index contributed by atoms with van der Waals surface area (Å²) in [4.78, 5) is 0. The number of nitrogen functional groups attached to an aromatic ring is 1. The molecule has 1 atom stereocenters. The third kappa shape index (κ3) is 1.82. The lowest BCUT2D eigenvalue weighted by molar-refractivity contribution is 0.280. The summed E-state index contributed by atoms with van der Waals surface area (Å²) in [6, 6.07) is 5.38. The number of nitrogens with zero attached hydrogens (tertiary/aromatic N) is 1. The first kappa shape index (κ1) is 10.8. The summed E-state index contributed by atoms with van der Waals surface area (Å²) in [6.07, 6.45) is 0. The first-order valence-corrected chi connectivity index (χ1v) is 4.56. The molecule has 1 rings (SSSR count). The molecule has 3 N–H and O–H groups in total. The molecular weight excluding hydrogens is 200 g/mol. The molecule has 0 saturated carbocycles. The zero-order valence-electron chi connectivity index (χ0n) is 7.79. The van der Waals surface area contributed by atoms with Crippen molar-refractivity contribution in [2.75, 3.05) is 5.73 Å². The van der Waals surface area contributed by atoms with E-state index in [-0.39, 0.29) is 12.5 Å². The van der Waals surface area contributed by atoms with Gasteiger partial charge in [-0.25, -0.2) is 0 Å². The van der Waals surface area contributed by atoms with E-state index in [1.165, 1.54) is 0 Å². The van der Waals surface area contributed by atoms with Gasteiger partial charge in [-0.15, -0.1) is 0 Å². The summed E-state index contributed by atoms with van der Waals surface area (Å²) in [5, 5.41) is 18.3. The molecule has 0 aliphatic carbocycles. The number of rotatable bonds is 2. The van der Waals surface area contributed by atoms with E-state index in [9.17, 15) is 0 Å². The Balaban J connectivity index is 3.37. The molecule has 74 valence electrons. The molecule has 14 heavy (non-hydrogen) atoms. The number of benzene rings is 1. The molecule has 0 aliphatic heterocycles. The van der Waals surface area contributed by atoms with E-state index in [4.69, 9.17) is 27.7 Å². The van der Waals surface area contributed by atoms with Crippen molar-refractivity contribution in [2.45, 2.75) is 19.4 Å². The van der Waals surface area contributed by atoms with E-state index in [1.807, 2.05) is 0 Å². The van der Waals surface area contributed by atoms with E-state index in [0.717, 1.165) is 0 Å². The van der Waals surface area contributed by atoms with Crippen molar-refractivity contribution >= 4 is 17.3 Å². The Labute approximate surface area is 87.7 Å². The molecule has 0 radical (unpaired) electrons. The Morgan fingerprint density at radius 3 is 2.79 bits per heavy atom. The SMILES string of the molecule is CC(C#N)c1c(CO)ccc(Cl)c1N. The lowest BCUT2D eigenvalue weighted by Crippen LogP contribution is -2.03. The van der Waals surface area contributed by atoms with E-state index in [0.29, 0.717) is 21.8 Å². The molecule has 0 bridgehead atoms. The topological polar surface area (TPSA) is 70.0 Å². The van der Waals surface area contributed by atoms with Crippen LogP contribution in [-0.2, 0) is 6.61 Å².